The molecule has 0 heterocycles. The van der Waals surface area contributed by atoms with E-state index >= 15 is 0 Å². The smallest absolute Gasteiger partial charge is 0.319 e. The van der Waals surface area contributed by atoms with Crippen molar-refractivity contribution in [1.82, 2.24) is 10.2 Å². The van der Waals surface area contributed by atoms with E-state index < -0.39 is 0 Å². The van der Waals surface area contributed by atoms with Crippen molar-refractivity contribution in [1.29, 1.82) is 0 Å². The number of ketones is 1. The van der Waals surface area contributed by atoms with Crippen molar-refractivity contribution >= 4 is 17.5 Å². The van der Waals surface area contributed by atoms with Gasteiger partial charge in [0.15, 0.2) is 5.78 Å². The van der Waals surface area contributed by atoms with E-state index in [4.69, 9.17) is 0 Å². The molecule has 0 aliphatic heterocycles. The molecule has 0 spiro atoms. The van der Waals surface area contributed by atoms with Gasteiger partial charge in [0.05, 0.1) is 6.54 Å². The Morgan fingerprint density at radius 1 is 1.00 bits per heavy atom. The van der Waals surface area contributed by atoms with Gasteiger partial charge in [0.1, 0.15) is 0 Å². The first-order valence-electron chi connectivity index (χ1n) is 12.1. The molecule has 2 N–H and O–H groups in total. The minimum atomic E-state index is -0.267. The van der Waals surface area contributed by atoms with Crippen LogP contribution in [0.15, 0.2) is 36.4 Å². The van der Waals surface area contributed by atoms with E-state index in [-0.39, 0.29) is 24.3 Å². The van der Waals surface area contributed by atoms with E-state index in [0.717, 1.165) is 57.3 Å². The highest BCUT2D eigenvalue weighted by Gasteiger charge is 2.25. The number of fused-ring (bicyclic) bond motifs is 2. The summed E-state index contributed by atoms with van der Waals surface area (Å²) >= 11 is 0. The largest absolute Gasteiger partial charge is 0.331 e. The third-order valence-electron chi connectivity index (χ3n) is 6.91. The molecule has 0 saturated carbocycles. The zero-order valence-corrected chi connectivity index (χ0v) is 19.4. The molecule has 2 amide bonds. The van der Waals surface area contributed by atoms with Crippen molar-refractivity contribution in [3.05, 3.63) is 64.2 Å². The molecule has 0 saturated heterocycles. The maximum absolute atomic E-state index is 12.7. The molecule has 0 bridgehead atoms. The van der Waals surface area contributed by atoms with Crippen LogP contribution in [-0.2, 0) is 37.0 Å². The van der Waals surface area contributed by atoms with E-state index in [0.29, 0.717) is 6.54 Å². The Hall–Kier alpha value is -2.66. The number of hydrogen-bond donors (Lipinski definition) is 2. The van der Waals surface area contributed by atoms with Crippen molar-refractivity contribution < 1.29 is 9.59 Å². The third kappa shape index (κ3) is 5.21. The Bertz CT molecular complexity index is 938. The molecule has 1 unspecified atom stereocenters. The number of nitrogens with one attached hydrogen (secondary N) is 2. The van der Waals surface area contributed by atoms with Gasteiger partial charge in [-0.05, 0) is 72.9 Å². The number of aryl methyl sites for hydroxylation is 2. The molecule has 1 atom stereocenters. The van der Waals surface area contributed by atoms with E-state index in [1.807, 2.05) is 25.1 Å². The average Bonchev–Trinajstić information content (AvgIpc) is 3.47. The molecule has 32 heavy (non-hydrogen) atoms. The van der Waals surface area contributed by atoms with Crippen LogP contribution in [0.4, 0.5) is 10.5 Å². The normalized spacial score (nSPS) is 15.3. The highest BCUT2D eigenvalue weighted by atomic mass is 16.2. The maximum atomic E-state index is 12.7. The number of carbonyl (C=O) groups excluding carboxylic acids is 2. The second-order valence-electron chi connectivity index (χ2n) is 9.22. The second kappa shape index (κ2) is 10.3. The van der Waals surface area contributed by atoms with Gasteiger partial charge in [-0.1, -0.05) is 50.2 Å². The summed E-state index contributed by atoms with van der Waals surface area (Å²) in [6, 6.07) is 12.4. The first kappa shape index (κ1) is 22.5. The molecule has 170 valence electrons. The van der Waals surface area contributed by atoms with Gasteiger partial charge < -0.3 is 10.6 Å². The lowest BCUT2D eigenvalue weighted by molar-refractivity contribution is -0.121. The minimum Gasteiger partial charge on any atom is -0.331 e. The fraction of sp³-hybridized carbons (Fsp3) is 0.481. The number of Topliss-reactive ketones (excluding diaryl/α,β-unsaturated/α-hetero) is 1. The van der Waals surface area contributed by atoms with Crippen molar-refractivity contribution in [3.63, 3.8) is 0 Å². The van der Waals surface area contributed by atoms with Crippen molar-refractivity contribution in [3.8, 4) is 0 Å². The molecule has 0 radical (unpaired) electrons. The monoisotopic (exact) mass is 433 g/mol. The summed E-state index contributed by atoms with van der Waals surface area (Å²) in [5, 5.41) is 5.93. The molecular weight excluding hydrogens is 398 g/mol. The van der Waals surface area contributed by atoms with Crippen molar-refractivity contribution in [2.45, 2.75) is 58.9 Å². The zero-order valence-electron chi connectivity index (χ0n) is 19.4. The van der Waals surface area contributed by atoms with E-state index in [9.17, 15) is 9.59 Å². The topological polar surface area (TPSA) is 61.4 Å². The van der Waals surface area contributed by atoms with Crippen LogP contribution in [0.5, 0.6) is 0 Å². The van der Waals surface area contributed by atoms with E-state index in [1.54, 1.807) is 0 Å². The lowest BCUT2D eigenvalue weighted by Gasteiger charge is -2.24. The van der Waals surface area contributed by atoms with Crippen LogP contribution in [0.1, 0.15) is 54.5 Å². The van der Waals surface area contributed by atoms with Gasteiger partial charge in [-0.3, -0.25) is 9.69 Å². The van der Waals surface area contributed by atoms with Gasteiger partial charge in [0.25, 0.3) is 0 Å². The van der Waals surface area contributed by atoms with Gasteiger partial charge >= 0.3 is 6.03 Å². The highest BCUT2D eigenvalue weighted by Crippen LogP contribution is 2.38. The number of hydrogen-bond acceptors (Lipinski definition) is 3. The predicted molar refractivity (Wildman–Crippen MR) is 129 cm³/mol. The number of rotatable bonds is 9. The van der Waals surface area contributed by atoms with Crippen LogP contribution in [-0.4, -0.2) is 36.3 Å². The maximum Gasteiger partial charge on any atom is 0.319 e. The second-order valence-corrected chi connectivity index (χ2v) is 9.22. The summed E-state index contributed by atoms with van der Waals surface area (Å²) in [6.45, 7) is 6.52. The summed E-state index contributed by atoms with van der Waals surface area (Å²) in [4.78, 5) is 27.7. The molecule has 2 aromatic carbocycles. The molecule has 0 fully saturated rings. The standard InChI is InChI=1S/C27H35N3O2/c1-3-30(18-20-9-5-4-6-10-20)17-19(2)25(31)16-28-27(32)29-26-23-13-7-11-21(23)15-22-12-8-14-24(22)26/h4-6,9-10,15,19H,3,7-8,11-14,16-18H2,1-2H3,(H2,28,29,32). The third-order valence-corrected chi connectivity index (χ3v) is 6.91. The van der Waals surface area contributed by atoms with Crippen LogP contribution in [0.2, 0.25) is 0 Å². The first-order valence-corrected chi connectivity index (χ1v) is 12.1. The van der Waals surface area contributed by atoms with Crippen LogP contribution < -0.4 is 10.6 Å². The minimum absolute atomic E-state index is 0.0626. The zero-order chi connectivity index (χ0) is 22.5. The number of anilines is 1. The van der Waals surface area contributed by atoms with Crippen LogP contribution in [0.3, 0.4) is 0 Å². The molecular formula is C27H35N3O2. The average molecular weight is 434 g/mol. The summed E-state index contributed by atoms with van der Waals surface area (Å²) in [5.74, 6) is -0.0700. The van der Waals surface area contributed by atoms with Crippen LogP contribution in [0, 0.1) is 5.92 Å². The lowest BCUT2D eigenvalue weighted by Crippen LogP contribution is -2.39. The van der Waals surface area contributed by atoms with Gasteiger partial charge in [-0.15, -0.1) is 0 Å². The molecule has 2 aliphatic rings. The molecule has 4 rings (SSSR count). The van der Waals surface area contributed by atoms with Crippen LogP contribution >= 0.6 is 0 Å². The molecule has 5 nitrogen and oxygen atoms in total. The Labute approximate surface area is 191 Å². The Kier molecular flexibility index (Phi) is 7.26. The molecule has 2 aliphatic carbocycles. The summed E-state index contributed by atoms with van der Waals surface area (Å²) in [7, 11) is 0. The molecule has 2 aromatic rings. The van der Waals surface area contributed by atoms with Gasteiger partial charge in [0.2, 0.25) is 0 Å². The Balaban J connectivity index is 1.30. The summed E-state index contributed by atoms with van der Waals surface area (Å²) in [6.07, 6.45) is 6.57. The van der Waals surface area contributed by atoms with E-state index in [1.165, 1.54) is 27.8 Å². The fourth-order valence-corrected chi connectivity index (χ4v) is 5.10. The molecule has 5 heteroatoms. The Morgan fingerprint density at radius 3 is 2.28 bits per heavy atom. The molecule has 0 aromatic heterocycles. The van der Waals surface area contributed by atoms with Gasteiger partial charge in [0, 0.05) is 24.7 Å². The number of carbonyl (C=O) groups is 2. The quantitative estimate of drug-likeness (QED) is 0.612. The fourth-order valence-electron chi connectivity index (χ4n) is 5.10. The number of urea groups is 1. The number of nitrogens with zero attached hydrogens (tertiary/aromatic N) is 1. The van der Waals surface area contributed by atoms with Gasteiger partial charge in [-0.25, -0.2) is 4.79 Å². The first-order chi connectivity index (χ1) is 15.5. The van der Waals surface area contributed by atoms with Crippen molar-refractivity contribution in [2.24, 2.45) is 5.92 Å². The Morgan fingerprint density at radius 2 is 1.66 bits per heavy atom. The highest BCUT2D eigenvalue weighted by molar-refractivity contribution is 5.95. The van der Waals surface area contributed by atoms with E-state index in [2.05, 4.69) is 40.7 Å². The van der Waals surface area contributed by atoms with Crippen LogP contribution in [0.25, 0.3) is 0 Å². The number of benzene rings is 2. The SMILES string of the molecule is CCN(Cc1ccccc1)CC(C)C(=O)CNC(=O)Nc1c2c(cc3c1CCC3)CCC2. The lowest BCUT2D eigenvalue weighted by atomic mass is 9.99. The summed E-state index contributed by atoms with van der Waals surface area (Å²) in [5.41, 5.74) is 7.66. The summed E-state index contributed by atoms with van der Waals surface area (Å²) < 4.78 is 0. The van der Waals surface area contributed by atoms with Gasteiger partial charge in [-0.2, -0.15) is 0 Å². The van der Waals surface area contributed by atoms with Crippen molar-refractivity contribution in [2.75, 3.05) is 25.0 Å². The predicted octanol–water partition coefficient (Wildman–Crippen LogP) is 4.51. The number of amides is 2.